The molecule has 0 spiro atoms. The van der Waals surface area contributed by atoms with Crippen LogP contribution in [0.1, 0.15) is 0 Å². The van der Waals surface area contributed by atoms with Crippen LogP contribution in [0.4, 0.5) is 0 Å². The summed E-state index contributed by atoms with van der Waals surface area (Å²) in [6.07, 6.45) is 0. The average Bonchev–Trinajstić information content (AvgIpc) is 1.38. The Morgan fingerprint density at radius 1 is 2.00 bits per heavy atom. The summed E-state index contributed by atoms with van der Waals surface area (Å²) in [5.74, 6) is 0. The first-order valence-corrected chi connectivity index (χ1v) is 1.47. The van der Waals surface area contributed by atoms with E-state index in [-0.39, 0.29) is 12.2 Å². The fourth-order valence-corrected chi connectivity index (χ4v) is 0. The SMILES string of the molecule is BC(=O)CN. The van der Waals surface area contributed by atoms with Gasteiger partial charge in [0, 0.05) is 6.54 Å². The number of nitrogens with two attached hydrogens (primary N) is 1. The Labute approximate surface area is 31.8 Å². The highest BCUT2D eigenvalue weighted by Gasteiger charge is 1.77. The zero-order chi connectivity index (χ0) is 4.28. The molecule has 0 radical (unpaired) electrons. The van der Waals surface area contributed by atoms with Crippen molar-refractivity contribution in [1.29, 1.82) is 0 Å². The molecule has 0 rings (SSSR count). The van der Waals surface area contributed by atoms with E-state index in [1.165, 1.54) is 7.85 Å². The summed E-state index contributed by atoms with van der Waals surface area (Å²) in [6.45, 7) is 0.167. The number of carbonyl (C=O) groups is 1. The van der Waals surface area contributed by atoms with Crippen LogP contribution in [0.25, 0.3) is 0 Å². The van der Waals surface area contributed by atoms with Crippen LogP contribution in [0.15, 0.2) is 0 Å². The lowest BCUT2D eigenvalue weighted by atomic mass is 10.0. The second-order valence-corrected chi connectivity index (χ2v) is 0.906. The van der Waals surface area contributed by atoms with Gasteiger partial charge in [-0.1, -0.05) is 0 Å². The zero-order valence-electron chi connectivity index (χ0n) is 3.19. The van der Waals surface area contributed by atoms with Crippen molar-refractivity contribution in [2.75, 3.05) is 6.54 Å². The van der Waals surface area contributed by atoms with Crippen LogP contribution >= 0.6 is 0 Å². The number of carbonyl (C=O) groups excluding carboxylic acids is 1. The van der Waals surface area contributed by atoms with Gasteiger partial charge in [0.2, 0.25) is 0 Å². The zero-order valence-corrected chi connectivity index (χ0v) is 3.19. The predicted octanol–water partition coefficient (Wildman–Crippen LogP) is -1.90. The highest BCUT2D eigenvalue weighted by atomic mass is 16.1. The lowest BCUT2D eigenvalue weighted by Gasteiger charge is -1.73. The van der Waals surface area contributed by atoms with Gasteiger partial charge in [0.25, 0.3) is 0 Å². The van der Waals surface area contributed by atoms with Gasteiger partial charge in [-0.2, -0.15) is 0 Å². The third kappa shape index (κ3) is 3.69. The molecule has 0 fully saturated rings. The smallest absolute Gasteiger partial charge is 0.188 e. The lowest BCUT2D eigenvalue weighted by Crippen LogP contribution is -2.11. The van der Waals surface area contributed by atoms with E-state index in [0.29, 0.717) is 0 Å². The third-order valence-corrected chi connectivity index (χ3v) is 0.287. The molecule has 0 aliphatic rings. The van der Waals surface area contributed by atoms with Gasteiger partial charge in [0.15, 0.2) is 7.85 Å². The van der Waals surface area contributed by atoms with E-state index >= 15 is 0 Å². The molecule has 0 aromatic rings. The molecule has 2 N–H and O–H groups in total. The van der Waals surface area contributed by atoms with Gasteiger partial charge in [0.1, 0.15) is 0 Å². The molecule has 0 aromatic carbocycles. The van der Waals surface area contributed by atoms with Gasteiger partial charge in [-0.3, -0.25) is 0 Å². The van der Waals surface area contributed by atoms with Gasteiger partial charge in [-0.25, -0.2) is 0 Å². The van der Waals surface area contributed by atoms with Crippen LogP contribution in [0.2, 0.25) is 0 Å². The lowest BCUT2D eigenvalue weighted by molar-refractivity contribution is -0.110. The second kappa shape index (κ2) is 1.97. The van der Waals surface area contributed by atoms with Crippen LogP contribution in [0.3, 0.4) is 0 Å². The maximum Gasteiger partial charge on any atom is 0.188 e. The van der Waals surface area contributed by atoms with Crippen LogP contribution in [-0.2, 0) is 4.79 Å². The van der Waals surface area contributed by atoms with E-state index in [2.05, 4.69) is 0 Å². The second-order valence-electron chi connectivity index (χ2n) is 0.906. The summed E-state index contributed by atoms with van der Waals surface area (Å²) in [6, 6.07) is 0. The fraction of sp³-hybridized carbons (Fsp3) is 0.500. The summed E-state index contributed by atoms with van der Waals surface area (Å²) in [7, 11) is 1.46. The molecule has 3 heteroatoms. The molecule has 0 heterocycles. The van der Waals surface area contributed by atoms with E-state index in [4.69, 9.17) is 5.73 Å². The van der Waals surface area contributed by atoms with Gasteiger partial charge in [0.05, 0.1) is 5.68 Å². The molecule has 0 saturated heterocycles. The van der Waals surface area contributed by atoms with Crippen molar-refractivity contribution in [3.8, 4) is 0 Å². The number of hydrogen-bond acceptors (Lipinski definition) is 2. The molecule has 0 amide bonds. The van der Waals surface area contributed by atoms with E-state index in [1.54, 1.807) is 0 Å². The average molecular weight is 70.9 g/mol. The molecule has 0 unspecified atom stereocenters. The monoisotopic (exact) mass is 71.1 g/mol. The summed E-state index contributed by atoms with van der Waals surface area (Å²) in [5, 5.41) is 0. The third-order valence-electron chi connectivity index (χ3n) is 0.287. The van der Waals surface area contributed by atoms with Crippen molar-refractivity contribution >= 4 is 13.5 Å². The molecule has 0 saturated carbocycles. The van der Waals surface area contributed by atoms with Gasteiger partial charge in [-0.15, -0.1) is 0 Å². The summed E-state index contributed by atoms with van der Waals surface area (Å²) in [5.41, 5.74) is 4.85. The van der Waals surface area contributed by atoms with Crippen molar-refractivity contribution in [2.24, 2.45) is 5.73 Å². The largest absolute Gasteiger partial charge is 0.325 e. The Balaban J connectivity index is 2.85. The van der Waals surface area contributed by atoms with Crippen LogP contribution in [0.5, 0.6) is 0 Å². The maximum absolute atomic E-state index is 9.69. The Morgan fingerprint density at radius 2 is 2.20 bits per heavy atom. The van der Waals surface area contributed by atoms with Gasteiger partial charge < -0.3 is 10.5 Å². The van der Waals surface area contributed by atoms with Crippen LogP contribution < -0.4 is 5.73 Å². The molecular weight excluding hydrogens is 64.8 g/mol. The van der Waals surface area contributed by atoms with Crippen molar-refractivity contribution in [1.82, 2.24) is 0 Å². The summed E-state index contributed by atoms with van der Waals surface area (Å²) >= 11 is 0. The minimum atomic E-state index is 0.0324. The first-order chi connectivity index (χ1) is 2.27. The Bertz CT molecular complexity index is 44.9. The van der Waals surface area contributed by atoms with Crippen LogP contribution in [0, 0.1) is 0 Å². The van der Waals surface area contributed by atoms with Crippen molar-refractivity contribution in [3.63, 3.8) is 0 Å². The summed E-state index contributed by atoms with van der Waals surface area (Å²) < 4.78 is 0. The standard InChI is InChI=1S/C2H6BNO/c3-2(5)1-4/h1,3-4H2. The summed E-state index contributed by atoms with van der Waals surface area (Å²) in [4.78, 5) is 9.69. The molecule has 2 nitrogen and oxygen atoms in total. The minimum absolute atomic E-state index is 0.0324. The van der Waals surface area contributed by atoms with E-state index < -0.39 is 0 Å². The molecule has 0 aliphatic carbocycles. The Morgan fingerprint density at radius 3 is 2.20 bits per heavy atom. The highest BCUT2D eigenvalue weighted by Crippen LogP contribution is 1.42. The number of hydrogen-bond donors (Lipinski definition) is 1. The van der Waals surface area contributed by atoms with E-state index in [9.17, 15) is 4.79 Å². The van der Waals surface area contributed by atoms with Crippen molar-refractivity contribution < 1.29 is 4.79 Å². The first-order valence-electron chi connectivity index (χ1n) is 1.47. The van der Waals surface area contributed by atoms with Gasteiger partial charge >= 0.3 is 0 Å². The van der Waals surface area contributed by atoms with Crippen LogP contribution in [-0.4, -0.2) is 20.1 Å². The highest BCUT2D eigenvalue weighted by molar-refractivity contribution is 6.58. The Hall–Kier alpha value is -0.305. The minimum Gasteiger partial charge on any atom is -0.325 e. The topological polar surface area (TPSA) is 43.1 Å². The molecular formula is C2H6BNO. The fourth-order valence-electron chi connectivity index (χ4n) is 0. The normalized spacial score (nSPS) is 7.40. The van der Waals surface area contributed by atoms with Gasteiger partial charge in [-0.05, 0) is 0 Å². The molecule has 0 aromatic heterocycles. The molecule has 0 bridgehead atoms. The number of rotatable bonds is 1. The van der Waals surface area contributed by atoms with Crippen molar-refractivity contribution in [2.45, 2.75) is 0 Å². The quantitative estimate of drug-likeness (QED) is 0.367. The molecule has 0 aliphatic heterocycles. The molecule has 5 heavy (non-hydrogen) atoms. The molecule has 28 valence electrons. The molecule has 0 atom stereocenters. The van der Waals surface area contributed by atoms with E-state index in [0.717, 1.165) is 0 Å². The van der Waals surface area contributed by atoms with E-state index in [1.807, 2.05) is 0 Å². The predicted molar refractivity (Wildman–Crippen MR) is 22.6 cm³/mol. The Kier molecular flexibility index (Phi) is 1.85. The van der Waals surface area contributed by atoms with Crippen molar-refractivity contribution in [3.05, 3.63) is 0 Å². The maximum atomic E-state index is 9.69. The first kappa shape index (κ1) is 4.69.